The van der Waals surface area contributed by atoms with E-state index in [0.717, 1.165) is 6.08 Å². The Balaban J connectivity index is 2.94. The van der Waals surface area contributed by atoms with E-state index >= 15 is 0 Å². The maximum absolute atomic E-state index is 11.4. The van der Waals surface area contributed by atoms with Gasteiger partial charge in [0.05, 0.1) is 0 Å². The molecule has 1 atom stereocenters. The quantitative estimate of drug-likeness (QED) is 0.605. The molecule has 4 N–H and O–H groups in total. The molecule has 0 aromatic carbocycles. The van der Waals surface area contributed by atoms with Crippen LogP contribution in [0.3, 0.4) is 0 Å². The SMILES string of the molecule is CCN=C1C=C(C[C@H](N)C(=O)O)C(O)=CC1=O. The molecule has 0 radical (unpaired) electrons. The fourth-order valence-corrected chi connectivity index (χ4v) is 1.38. The smallest absolute Gasteiger partial charge is 0.320 e. The highest BCUT2D eigenvalue weighted by Crippen LogP contribution is 2.18. The molecule has 1 rings (SSSR count). The van der Waals surface area contributed by atoms with Crippen molar-refractivity contribution in [3.63, 3.8) is 0 Å². The molecule has 0 aliphatic heterocycles. The van der Waals surface area contributed by atoms with Crippen LogP contribution in [0.1, 0.15) is 13.3 Å². The van der Waals surface area contributed by atoms with Gasteiger partial charge in [-0.3, -0.25) is 14.6 Å². The van der Waals surface area contributed by atoms with Crippen molar-refractivity contribution >= 4 is 17.5 Å². The topological polar surface area (TPSA) is 113 Å². The highest BCUT2D eigenvalue weighted by Gasteiger charge is 2.22. The highest BCUT2D eigenvalue weighted by atomic mass is 16.4. The molecule has 0 spiro atoms. The van der Waals surface area contributed by atoms with Gasteiger partial charge in [-0.25, -0.2) is 0 Å². The number of carbonyl (C=O) groups is 2. The summed E-state index contributed by atoms with van der Waals surface area (Å²) in [5.41, 5.74) is 5.88. The van der Waals surface area contributed by atoms with Gasteiger partial charge in [0.25, 0.3) is 0 Å². The largest absolute Gasteiger partial charge is 0.508 e. The minimum atomic E-state index is -1.16. The molecule has 0 saturated carbocycles. The zero-order chi connectivity index (χ0) is 13.0. The summed E-state index contributed by atoms with van der Waals surface area (Å²) in [4.78, 5) is 25.9. The van der Waals surface area contributed by atoms with E-state index in [9.17, 15) is 14.7 Å². The average Bonchev–Trinajstić information content (AvgIpc) is 2.24. The molecule has 6 nitrogen and oxygen atoms in total. The van der Waals surface area contributed by atoms with Crippen LogP contribution in [0.5, 0.6) is 0 Å². The van der Waals surface area contributed by atoms with E-state index < -0.39 is 17.8 Å². The van der Waals surface area contributed by atoms with Crippen molar-refractivity contribution in [1.29, 1.82) is 0 Å². The molecule has 6 heteroatoms. The maximum atomic E-state index is 11.4. The number of aliphatic imine (C=N–C) groups is 1. The second kappa shape index (κ2) is 5.40. The van der Waals surface area contributed by atoms with Crippen LogP contribution >= 0.6 is 0 Å². The monoisotopic (exact) mass is 238 g/mol. The lowest BCUT2D eigenvalue weighted by Gasteiger charge is -2.14. The maximum Gasteiger partial charge on any atom is 0.320 e. The number of nitrogens with two attached hydrogens (primary N) is 1. The van der Waals surface area contributed by atoms with Crippen LogP contribution in [0, 0.1) is 0 Å². The van der Waals surface area contributed by atoms with Gasteiger partial charge in [-0.05, 0) is 18.6 Å². The molecule has 1 aliphatic rings. The molecule has 0 saturated heterocycles. The molecule has 0 fully saturated rings. The predicted octanol–water partition coefficient (Wildman–Crippen LogP) is 0.200. The minimum absolute atomic E-state index is 0.0479. The third kappa shape index (κ3) is 3.25. The normalized spacial score (nSPS) is 19.9. The van der Waals surface area contributed by atoms with E-state index in [1.54, 1.807) is 6.92 Å². The van der Waals surface area contributed by atoms with Gasteiger partial charge in [0.2, 0.25) is 5.78 Å². The van der Waals surface area contributed by atoms with E-state index in [1.807, 2.05) is 0 Å². The van der Waals surface area contributed by atoms with Gasteiger partial charge in [-0.1, -0.05) is 0 Å². The van der Waals surface area contributed by atoms with Gasteiger partial charge in [-0.15, -0.1) is 0 Å². The summed E-state index contributed by atoms with van der Waals surface area (Å²) in [5.74, 6) is -1.80. The number of allylic oxidation sites excluding steroid dienone is 3. The van der Waals surface area contributed by atoms with Crippen molar-refractivity contribution in [1.82, 2.24) is 0 Å². The third-order valence-corrected chi connectivity index (χ3v) is 2.25. The number of carboxylic acid groups (broad SMARTS) is 1. The number of nitrogens with zero attached hydrogens (tertiary/aromatic N) is 1. The summed E-state index contributed by atoms with van der Waals surface area (Å²) in [7, 11) is 0. The Hall–Kier alpha value is -1.95. The highest BCUT2D eigenvalue weighted by molar-refractivity contribution is 6.49. The molecule has 0 amide bonds. The molecular weight excluding hydrogens is 224 g/mol. The lowest BCUT2D eigenvalue weighted by atomic mass is 9.97. The summed E-state index contributed by atoms with van der Waals surface area (Å²) < 4.78 is 0. The Bertz CT molecular complexity index is 435. The van der Waals surface area contributed by atoms with Crippen molar-refractivity contribution in [2.45, 2.75) is 19.4 Å². The lowest BCUT2D eigenvalue weighted by Crippen LogP contribution is -2.31. The zero-order valence-corrected chi connectivity index (χ0v) is 9.38. The van der Waals surface area contributed by atoms with Crippen LogP contribution in [0.4, 0.5) is 0 Å². The number of aliphatic carboxylic acids is 1. The summed E-state index contributed by atoms with van der Waals surface area (Å²) in [6.07, 6.45) is 2.36. The summed E-state index contributed by atoms with van der Waals surface area (Å²) in [5, 5.41) is 18.2. The first-order valence-electron chi connectivity index (χ1n) is 5.14. The van der Waals surface area contributed by atoms with Crippen molar-refractivity contribution in [3.05, 3.63) is 23.5 Å². The van der Waals surface area contributed by atoms with Crippen LogP contribution in [0.25, 0.3) is 0 Å². The standard InChI is InChI=1S/C11H14N2O4/c1-2-13-8-4-6(3-7(12)11(16)17)9(14)5-10(8)15/h4-5,7,14H,2-3,12H2,1H3,(H,16,17)/t7-/m0/s1. The first-order valence-corrected chi connectivity index (χ1v) is 5.14. The number of rotatable bonds is 4. The van der Waals surface area contributed by atoms with Gasteiger partial charge in [-0.2, -0.15) is 0 Å². The van der Waals surface area contributed by atoms with Crippen LogP contribution in [-0.2, 0) is 9.59 Å². The summed E-state index contributed by atoms with van der Waals surface area (Å²) in [6, 6.07) is -1.12. The van der Waals surface area contributed by atoms with Crippen LogP contribution < -0.4 is 5.73 Å². The fourth-order valence-electron chi connectivity index (χ4n) is 1.38. The van der Waals surface area contributed by atoms with Gasteiger partial charge < -0.3 is 15.9 Å². The third-order valence-electron chi connectivity index (χ3n) is 2.25. The lowest BCUT2D eigenvalue weighted by molar-refractivity contribution is -0.138. The second-order valence-electron chi connectivity index (χ2n) is 3.57. The summed E-state index contributed by atoms with van der Waals surface area (Å²) in [6.45, 7) is 2.21. The molecule has 0 bridgehead atoms. The molecule has 0 aromatic heterocycles. The Morgan fingerprint density at radius 1 is 1.53 bits per heavy atom. The second-order valence-corrected chi connectivity index (χ2v) is 3.57. The van der Waals surface area contributed by atoms with Crippen LogP contribution in [0.15, 0.2) is 28.5 Å². The predicted molar refractivity (Wildman–Crippen MR) is 62.0 cm³/mol. The van der Waals surface area contributed by atoms with Gasteiger partial charge in [0, 0.05) is 19.0 Å². The van der Waals surface area contributed by atoms with Crippen molar-refractivity contribution in [2.75, 3.05) is 6.54 Å². The summed E-state index contributed by atoms with van der Waals surface area (Å²) >= 11 is 0. The van der Waals surface area contributed by atoms with Crippen LogP contribution in [0.2, 0.25) is 0 Å². The first kappa shape index (κ1) is 13.1. The zero-order valence-electron chi connectivity index (χ0n) is 9.38. The van der Waals surface area contributed by atoms with Gasteiger partial charge in [0.15, 0.2) is 0 Å². The Morgan fingerprint density at radius 2 is 2.18 bits per heavy atom. The number of carboxylic acids is 1. The van der Waals surface area contributed by atoms with Crippen LogP contribution in [-0.4, -0.2) is 40.3 Å². The van der Waals surface area contributed by atoms with Gasteiger partial charge >= 0.3 is 5.97 Å². The minimum Gasteiger partial charge on any atom is -0.508 e. The molecule has 0 aromatic rings. The van der Waals surface area contributed by atoms with E-state index in [1.165, 1.54) is 6.08 Å². The molecule has 0 heterocycles. The van der Waals surface area contributed by atoms with Crippen molar-refractivity contribution in [3.8, 4) is 0 Å². The molecule has 17 heavy (non-hydrogen) atoms. The Labute approximate surface area is 98.2 Å². The number of aliphatic hydroxyl groups excluding tert-OH is 1. The molecular formula is C11H14N2O4. The average molecular weight is 238 g/mol. The number of hydrogen-bond acceptors (Lipinski definition) is 5. The van der Waals surface area contributed by atoms with Crippen molar-refractivity contribution < 1.29 is 19.8 Å². The number of carbonyl (C=O) groups excluding carboxylic acids is 1. The molecule has 0 unspecified atom stereocenters. The number of hydrogen-bond donors (Lipinski definition) is 3. The van der Waals surface area contributed by atoms with E-state index in [4.69, 9.17) is 10.8 Å². The fraction of sp³-hybridized carbons (Fsp3) is 0.364. The van der Waals surface area contributed by atoms with Gasteiger partial charge in [0.1, 0.15) is 17.5 Å². The number of aliphatic hydroxyl groups is 1. The number of ketones is 1. The van der Waals surface area contributed by atoms with E-state index in [2.05, 4.69) is 4.99 Å². The van der Waals surface area contributed by atoms with E-state index in [0.29, 0.717) is 12.1 Å². The Morgan fingerprint density at radius 3 is 2.71 bits per heavy atom. The Kier molecular flexibility index (Phi) is 4.17. The first-order chi connectivity index (χ1) is 7.95. The molecule has 1 aliphatic carbocycles. The van der Waals surface area contributed by atoms with Crippen molar-refractivity contribution in [2.24, 2.45) is 10.7 Å². The van der Waals surface area contributed by atoms with E-state index in [-0.39, 0.29) is 17.9 Å². The molecule has 92 valence electrons.